The van der Waals surface area contributed by atoms with Crippen LogP contribution in [0.25, 0.3) is 12.2 Å². The molecule has 0 saturated carbocycles. The second-order valence-corrected chi connectivity index (χ2v) is 6.87. The first-order valence-electron chi connectivity index (χ1n) is 8.65. The molecule has 0 aliphatic carbocycles. The maximum atomic E-state index is 10.4. The fourth-order valence-corrected chi connectivity index (χ4v) is 3.21. The topological polar surface area (TPSA) is 23.5 Å². The Morgan fingerprint density at radius 3 is 2.00 bits per heavy atom. The van der Waals surface area contributed by atoms with E-state index in [0.717, 1.165) is 41.3 Å². The normalized spacial score (nSPS) is 17.2. The Labute approximate surface area is 149 Å². The number of piperidine rings is 1. The van der Waals surface area contributed by atoms with Crippen LogP contribution >= 0.6 is 11.6 Å². The van der Waals surface area contributed by atoms with Gasteiger partial charge in [-0.2, -0.15) is 0 Å². The van der Waals surface area contributed by atoms with Crippen LogP contribution in [-0.4, -0.2) is 29.6 Å². The summed E-state index contributed by atoms with van der Waals surface area (Å²) in [6.07, 6.45) is 7.56. The van der Waals surface area contributed by atoms with Gasteiger partial charge < -0.3 is 10.0 Å². The molecule has 2 aromatic carbocycles. The lowest BCUT2D eigenvalue weighted by Crippen LogP contribution is -2.33. The largest absolute Gasteiger partial charge is 0.387 e. The number of hydrogen-bond acceptors (Lipinski definition) is 2. The molecule has 0 unspecified atom stereocenters. The summed E-state index contributed by atoms with van der Waals surface area (Å²) >= 11 is 5.89. The monoisotopic (exact) mass is 341 g/mol. The molecule has 0 bridgehead atoms. The number of halogens is 1. The van der Waals surface area contributed by atoms with Crippen molar-refractivity contribution in [3.05, 3.63) is 70.2 Å². The minimum atomic E-state index is -0.405. The van der Waals surface area contributed by atoms with Gasteiger partial charge in [-0.15, -0.1) is 0 Å². The average Bonchev–Trinajstić information content (AvgIpc) is 2.62. The molecular weight excluding hydrogens is 318 g/mol. The third-order valence-corrected chi connectivity index (χ3v) is 4.79. The summed E-state index contributed by atoms with van der Waals surface area (Å²) in [7, 11) is 0. The van der Waals surface area contributed by atoms with Crippen molar-refractivity contribution in [2.24, 2.45) is 0 Å². The molecule has 3 heteroatoms. The average molecular weight is 342 g/mol. The van der Waals surface area contributed by atoms with Gasteiger partial charge in [0.15, 0.2) is 0 Å². The van der Waals surface area contributed by atoms with Gasteiger partial charge in [-0.25, -0.2) is 0 Å². The molecule has 126 valence electrons. The zero-order valence-corrected chi connectivity index (χ0v) is 14.6. The molecule has 1 N–H and O–H groups in total. The van der Waals surface area contributed by atoms with E-state index in [9.17, 15) is 5.11 Å². The van der Waals surface area contributed by atoms with Gasteiger partial charge in [-0.05, 0) is 54.8 Å². The summed E-state index contributed by atoms with van der Waals surface area (Å²) in [6, 6.07) is 15.9. The maximum absolute atomic E-state index is 10.4. The Bertz CT molecular complexity index is 657. The molecular formula is C21H24ClNO. The summed E-state index contributed by atoms with van der Waals surface area (Å²) in [5.41, 5.74) is 3.23. The summed E-state index contributed by atoms with van der Waals surface area (Å²) < 4.78 is 0. The van der Waals surface area contributed by atoms with Crippen molar-refractivity contribution >= 4 is 23.8 Å². The molecule has 1 aliphatic heterocycles. The van der Waals surface area contributed by atoms with E-state index in [4.69, 9.17) is 11.6 Å². The van der Waals surface area contributed by atoms with E-state index >= 15 is 0 Å². The number of hydrogen-bond donors (Lipinski definition) is 1. The number of nitrogens with zero attached hydrogens (tertiary/aromatic N) is 1. The number of aliphatic hydroxyl groups excluding tert-OH is 1. The molecule has 0 amide bonds. The van der Waals surface area contributed by atoms with E-state index in [1.165, 1.54) is 19.3 Å². The lowest BCUT2D eigenvalue weighted by Gasteiger charge is -2.28. The van der Waals surface area contributed by atoms with Gasteiger partial charge in [0.2, 0.25) is 0 Å². The van der Waals surface area contributed by atoms with Crippen molar-refractivity contribution in [1.29, 1.82) is 0 Å². The predicted molar refractivity (Wildman–Crippen MR) is 102 cm³/mol. The van der Waals surface area contributed by atoms with Gasteiger partial charge in [0.1, 0.15) is 0 Å². The van der Waals surface area contributed by atoms with Crippen LogP contribution in [0.4, 0.5) is 0 Å². The van der Waals surface area contributed by atoms with Gasteiger partial charge in [0, 0.05) is 11.6 Å². The first-order valence-corrected chi connectivity index (χ1v) is 9.02. The van der Waals surface area contributed by atoms with Crippen LogP contribution in [0, 0.1) is 0 Å². The van der Waals surface area contributed by atoms with E-state index in [0.29, 0.717) is 0 Å². The van der Waals surface area contributed by atoms with Crippen molar-refractivity contribution in [3.63, 3.8) is 0 Å². The van der Waals surface area contributed by atoms with Gasteiger partial charge >= 0.3 is 0 Å². The van der Waals surface area contributed by atoms with Crippen LogP contribution in [0.2, 0.25) is 5.02 Å². The van der Waals surface area contributed by atoms with Gasteiger partial charge in [0.05, 0.1) is 6.10 Å². The first-order chi connectivity index (χ1) is 11.7. The Hall–Kier alpha value is -1.61. The SMILES string of the molecule is O[C@H](CN1CCCCC1)c1ccc(C=Cc2ccc(Cl)cc2)cc1. The molecule has 0 spiro atoms. The summed E-state index contributed by atoms with van der Waals surface area (Å²) in [4.78, 5) is 2.36. The van der Waals surface area contributed by atoms with E-state index in [2.05, 4.69) is 29.2 Å². The van der Waals surface area contributed by atoms with Crippen LogP contribution in [0.1, 0.15) is 42.1 Å². The third kappa shape index (κ3) is 4.94. The molecule has 0 radical (unpaired) electrons. The number of likely N-dealkylation sites (tertiary alicyclic amines) is 1. The van der Waals surface area contributed by atoms with Crippen LogP contribution in [0.5, 0.6) is 0 Å². The highest BCUT2D eigenvalue weighted by Crippen LogP contribution is 2.19. The molecule has 2 aromatic rings. The van der Waals surface area contributed by atoms with E-state index in [1.807, 2.05) is 36.4 Å². The highest BCUT2D eigenvalue weighted by atomic mass is 35.5. The van der Waals surface area contributed by atoms with Crippen LogP contribution in [0.15, 0.2) is 48.5 Å². The highest BCUT2D eigenvalue weighted by molar-refractivity contribution is 6.30. The number of benzene rings is 2. The molecule has 1 heterocycles. The summed E-state index contributed by atoms with van der Waals surface area (Å²) in [5, 5.41) is 11.2. The van der Waals surface area contributed by atoms with E-state index in [-0.39, 0.29) is 0 Å². The quantitative estimate of drug-likeness (QED) is 0.771. The van der Waals surface area contributed by atoms with Gasteiger partial charge in [0.25, 0.3) is 0 Å². The van der Waals surface area contributed by atoms with E-state index < -0.39 is 6.10 Å². The second-order valence-electron chi connectivity index (χ2n) is 6.43. The fraction of sp³-hybridized carbons (Fsp3) is 0.333. The third-order valence-electron chi connectivity index (χ3n) is 4.54. The van der Waals surface area contributed by atoms with Crippen molar-refractivity contribution in [1.82, 2.24) is 4.90 Å². The molecule has 3 rings (SSSR count). The molecule has 0 aromatic heterocycles. The summed E-state index contributed by atoms with van der Waals surface area (Å²) in [5.74, 6) is 0. The first kappa shape index (κ1) is 17.2. The molecule has 24 heavy (non-hydrogen) atoms. The Kier molecular flexibility index (Phi) is 6.08. The Balaban J connectivity index is 1.59. The minimum absolute atomic E-state index is 0.405. The van der Waals surface area contributed by atoms with Crippen LogP contribution in [-0.2, 0) is 0 Å². The fourth-order valence-electron chi connectivity index (χ4n) is 3.09. The number of rotatable bonds is 5. The molecule has 2 nitrogen and oxygen atoms in total. The molecule has 1 fully saturated rings. The van der Waals surface area contributed by atoms with Crippen LogP contribution < -0.4 is 0 Å². The zero-order valence-electron chi connectivity index (χ0n) is 13.9. The van der Waals surface area contributed by atoms with Crippen molar-refractivity contribution in [2.45, 2.75) is 25.4 Å². The zero-order chi connectivity index (χ0) is 16.8. The highest BCUT2D eigenvalue weighted by Gasteiger charge is 2.15. The smallest absolute Gasteiger partial charge is 0.0916 e. The van der Waals surface area contributed by atoms with Crippen molar-refractivity contribution < 1.29 is 5.11 Å². The lowest BCUT2D eigenvalue weighted by molar-refractivity contribution is 0.101. The molecule has 1 aliphatic rings. The molecule has 1 atom stereocenters. The predicted octanol–water partition coefficient (Wildman–Crippen LogP) is 5.03. The van der Waals surface area contributed by atoms with Crippen LogP contribution in [0.3, 0.4) is 0 Å². The Morgan fingerprint density at radius 2 is 1.42 bits per heavy atom. The Morgan fingerprint density at radius 1 is 0.875 bits per heavy atom. The number of aliphatic hydroxyl groups is 1. The van der Waals surface area contributed by atoms with Crippen molar-refractivity contribution in [2.75, 3.05) is 19.6 Å². The van der Waals surface area contributed by atoms with Crippen molar-refractivity contribution in [3.8, 4) is 0 Å². The van der Waals surface area contributed by atoms with E-state index in [1.54, 1.807) is 0 Å². The standard InChI is InChI=1S/C21H24ClNO/c22-20-12-8-18(9-13-20)5-4-17-6-10-19(11-7-17)21(24)16-23-14-2-1-3-15-23/h4-13,21,24H,1-3,14-16H2/t21-/m1/s1. The molecule has 1 saturated heterocycles. The van der Waals surface area contributed by atoms with Gasteiger partial charge in [-0.3, -0.25) is 0 Å². The maximum Gasteiger partial charge on any atom is 0.0916 e. The number of β-amino-alcohol motifs (C(OH)–C–C–N with tert-alkyl or cyclic N) is 1. The second kappa shape index (κ2) is 8.48. The van der Waals surface area contributed by atoms with Gasteiger partial charge in [-0.1, -0.05) is 66.6 Å². The minimum Gasteiger partial charge on any atom is -0.387 e. The lowest BCUT2D eigenvalue weighted by atomic mass is 10.0. The summed E-state index contributed by atoms with van der Waals surface area (Å²) in [6.45, 7) is 2.96.